The second kappa shape index (κ2) is 10.0. The number of ether oxygens (including phenoxy) is 2. The maximum absolute atomic E-state index is 13.1. The second-order valence-corrected chi connectivity index (χ2v) is 10.1. The highest BCUT2D eigenvalue weighted by molar-refractivity contribution is 14.1. The van der Waals surface area contributed by atoms with Gasteiger partial charge in [0.05, 0.1) is 19.5 Å². The molecule has 3 aromatic rings. The molecule has 1 aliphatic heterocycles. The van der Waals surface area contributed by atoms with Crippen molar-refractivity contribution in [2.75, 3.05) is 0 Å². The van der Waals surface area contributed by atoms with E-state index in [1.54, 1.807) is 42.5 Å². The molecule has 0 aliphatic carbocycles. The number of nitrogens with zero attached hydrogens (tertiary/aromatic N) is 1. The Labute approximate surface area is 218 Å². The molecular weight excluding hydrogens is 679 g/mol. The maximum Gasteiger partial charge on any atom is 0.363 e. The molecule has 0 radical (unpaired) electrons. The van der Waals surface area contributed by atoms with Crippen molar-refractivity contribution in [1.82, 2.24) is 0 Å². The first-order valence-electron chi connectivity index (χ1n) is 9.14. The van der Waals surface area contributed by atoms with Gasteiger partial charge in [-0.15, -0.1) is 0 Å². The Morgan fingerprint density at radius 3 is 2.47 bits per heavy atom. The average Bonchev–Trinajstić information content (AvgIpc) is 3.10. The van der Waals surface area contributed by atoms with Crippen LogP contribution in [0.4, 0.5) is 4.39 Å². The Bertz CT molecular complexity index is 1260. The maximum atomic E-state index is 13.1. The minimum absolute atomic E-state index is 0.161. The highest BCUT2D eigenvalue weighted by Gasteiger charge is 2.26. The van der Waals surface area contributed by atoms with Crippen LogP contribution in [-0.2, 0) is 16.1 Å². The zero-order valence-corrected chi connectivity index (χ0v) is 22.1. The van der Waals surface area contributed by atoms with E-state index in [1.165, 1.54) is 12.1 Å². The molecule has 32 heavy (non-hydrogen) atoms. The predicted molar refractivity (Wildman–Crippen MR) is 137 cm³/mol. The van der Waals surface area contributed by atoms with Crippen LogP contribution in [0.2, 0.25) is 5.02 Å². The van der Waals surface area contributed by atoms with Crippen LogP contribution in [0, 0.1) is 9.39 Å². The van der Waals surface area contributed by atoms with Crippen LogP contribution in [0.1, 0.15) is 16.7 Å². The Kier molecular flexibility index (Phi) is 7.34. The van der Waals surface area contributed by atoms with E-state index in [4.69, 9.17) is 21.1 Å². The van der Waals surface area contributed by atoms with Crippen molar-refractivity contribution in [1.29, 1.82) is 0 Å². The topological polar surface area (TPSA) is 47.9 Å². The fourth-order valence-electron chi connectivity index (χ4n) is 2.88. The lowest BCUT2D eigenvalue weighted by Crippen LogP contribution is -2.06. The van der Waals surface area contributed by atoms with Crippen LogP contribution in [0.15, 0.2) is 74.2 Å². The van der Waals surface area contributed by atoms with Gasteiger partial charge < -0.3 is 9.47 Å². The molecule has 0 saturated heterocycles. The number of carbonyl (C=O) groups is 1. The van der Waals surface area contributed by atoms with E-state index in [2.05, 4.69) is 59.4 Å². The van der Waals surface area contributed by atoms with E-state index >= 15 is 0 Å². The minimum Gasteiger partial charge on any atom is -0.487 e. The molecule has 0 aromatic heterocycles. The van der Waals surface area contributed by atoms with Crippen LogP contribution in [0.5, 0.6) is 5.75 Å². The van der Waals surface area contributed by atoms with Crippen LogP contribution >= 0.6 is 66.1 Å². The summed E-state index contributed by atoms with van der Waals surface area (Å²) in [5, 5.41) is 0.450. The van der Waals surface area contributed by atoms with Crippen LogP contribution in [-0.4, -0.2) is 11.9 Å². The molecule has 4 rings (SSSR count). The van der Waals surface area contributed by atoms with Crippen LogP contribution in [0.3, 0.4) is 0 Å². The summed E-state index contributed by atoms with van der Waals surface area (Å²) in [5.74, 6) is -0.102. The number of hydrogen-bond acceptors (Lipinski definition) is 4. The highest BCUT2D eigenvalue weighted by Crippen LogP contribution is 2.36. The first-order chi connectivity index (χ1) is 15.3. The number of benzene rings is 3. The lowest BCUT2D eigenvalue weighted by molar-refractivity contribution is -0.129. The number of hydrogen-bond donors (Lipinski definition) is 0. The number of cyclic esters (lactones) is 1. The molecule has 3 aromatic carbocycles. The summed E-state index contributed by atoms with van der Waals surface area (Å²) in [4.78, 5) is 16.7. The quantitative estimate of drug-likeness (QED) is 0.158. The van der Waals surface area contributed by atoms with Crippen molar-refractivity contribution in [2.45, 2.75) is 6.61 Å². The normalized spacial score (nSPS) is 14.5. The molecule has 162 valence electrons. The lowest BCUT2D eigenvalue weighted by atomic mass is 10.2. The van der Waals surface area contributed by atoms with Gasteiger partial charge in [-0.2, -0.15) is 0 Å². The molecule has 1 aliphatic rings. The molecule has 0 atom stereocenters. The molecule has 0 fully saturated rings. The molecular formula is C23H12Br2ClFINO3. The van der Waals surface area contributed by atoms with E-state index in [0.29, 0.717) is 30.8 Å². The van der Waals surface area contributed by atoms with Crippen LogP contribution in [0.25, 0.3) is 6.08 Å². The fraction of sp³-hybridized carbons (Fsp3) is 0.0435. The zero-order valence-electron chi connectivity index (χ0n) is 16.0. The Morgan fingerprint density at radius 2 is 1.78 bits per heavy atom. The number of aliphatic imine (C=N–C) groups is 1. The monoisotopic (exact) mass is 689 g/mol. The number of carbonyl (C=O) groups excluding carboxylic acids is 1. The summed E-state index contributed by atoms with van der Waals surface area (Å²) in [5.41, 5.74) is 2.26. The van der Waals surface area contributed by atoms with Crippen molar-refractivity contribution in [3.8, 4) is 5.75 Å². The summed E-state index contributed by atoms with van der Waals surface area (Å²) in [6, 6.07) is 15.1. The molecule has 0 unspecified atom stereocenters. The number of rotatable bonds is 5. The van der Waals surface area contributed by atoms with E-state index < -0.39 is 5.97 Å². The van der Waals surface area contributed by atoms with Gasteiger partial charge in [0.25, 0.3) is 0 Å². The molecule has 0 N–H and O–H groups in total. The summed E-state index contributed by atoms with van der Waals surface area (Å²) in [6.07, 6.45) is 1.62. The first-order valence-corrected chi connectivity index (χ1v) is 12.2. The number of halogens is 5. The summed E-state index contributed by atoms with van der Waals surface area (Å²) >= 11 is 15.4. The van der Waals surface area contributed by atoms with Gasteiger partial charge in [-0.1, -0.05) is 23.7 Å². The van der Waals surface area contributed by atoms with Crippen molar-refractivity contribution in [2.24, 2.45) is 4.99 Å². The molecule has 4 nitrogen and oxygen atoms in total. The van der Waals surface area contributed by atoms with Crippen LogP contribution < -0.4 is 4.74 Å². The second-order valence-electron chi connectivity index (χ2n) is 6.69. The molecule has 0 spiro atoms. The minimum atomic E-state index is -0.557. The van der Waals surface area contributed by atoms with Gasteiger partial charge in [0, 0.05) is 3.57 Å². The van der Waals surface area contributed by atoms with Crippen molar-refractivity contribution in [3.05, 3.63) is 100 Å². The van der Waals surface area contributed by atoms with Gasteiger partial charge in [-0.3, -0.25) is 0 Å². The summed E-state index contributed by atoms with van der Waals surface area (Å²) < 4.78 is 26.6. The Balaban J connectivity index is 1.57. The Hall–Kier alpha value is -1.75. The predicted octanol–water partition coefficient (Wildman–Crippen LogP) is 7.53. The van der Waals surface area contributed by atoms with Gasteiger partial charge >= 0.3 is 5.97 Å². The van der Waals surface area contributed by atoms with Gasteiger partial charge in [0.1, 0.15) is 18.2 Å². The summed E-state index contributed by atoms with van der Waals surface area (Å²) in [7, 11) is 0. The van der Waals surface area contributed by atoms with E-state index in [-0.39, 0.29) is 24.0 Å². The smallest absolute Gasteiger partial charge is 0.363 e. The first kappa shape index (κ1) is 23.4. The van der Waals surface area contributed by atoms with Crippen molar-refractivity contribution >= 4 is 84.0 Å². The molecule has 0 amide bonds. The third-order valence-electron chi connectivity index (χ3n) is 4.40. The van der Waals surface area contributed by atoms with Gasteiger partial charge in [0.15, 0.2) is 5.70 Å². The van der Waals surface area contributed by atoms with E-state index in [9.17, 15) is 9.18 Å². The third-order valence-corrected chi connectivity index (χ3v) is 6.58. The van der Waals surface area contributed by atoms with Gasteiger partial charge in [0.2, 0.25) is 5.90 Å². The largest absolute Gasteiger partial charge is 0.487 e. The average molecular weight is 692 g/mol. The summed E-state index contributed by atoms with van der Waals surface area (Å²) in [6.45, 7) is 0.272. The molecule has 0 bridgehead atoms. The number of esters is 1. The van der Waals surface area contributed by atoms with Gasteiger partial charge in [-0.05, 0) is 114 Å². The standard InChI is InChI=1S/C23H12Br2ClFINO3/c24-17-7-13(8-18(25)21(17)31-11-12-1-3-14(27)4-2-12)9-20-23(30)32-22(29-20)16-10-15(28)5-6-19(16)26/h1-10H,11H2/b20-9-. The SMILES string of the molecule is O=C1OC(c2cc(I)ccc2Cl)=N/C1=C\c1cc(Br)c(OCc2ccc(F)cc2)c(Br)c1. The molecule has 9 heteroatoms. The zero-order chi connectivity index (χ0) is 22.8. The highest BCUT2D eigenvalue weighted by atomic mass is 127. The fourth-order valence-corrected chi connectivity index (χ4v) is 5.02. The molecule has 0 saturated carbocycles. The third kappa shape index (κ3) is 5.41. The molecule has 1 heterocycles. The Morgan fingerprint density at radius 1 is 1.09 bits per heavy atom. The van der Waals surface area contributed by atoms with Crippen molar-refractivity contribution in [3.63, 3.8) is 0 Å². The lowest BCUT2D eigenvalue weighted by Gasteiger charge is -2.11. The van der Waals surface area contributed by atoms with Gasteiger partial charge in [-0.25, -0.2) is 14.2 Å². The van der Waals surface area contributed by atoms with E-state index in [1.807, 2.05) is 6.07 Å². The van der Waals surface area contributed by atoms with Crippen molar-refractivity contribution < 1.29 is 18.7 Å². The van der Waals surface area contributed by atoms with E-state index in [0.717, 1.165) is 9.13 Å².